The zero-order chi connectivity index (χ0) is 17.9. The molecule has 0 aliphatic carbocycles. The van der Waals surface area contributed by atoms with E-state index >= 15 is 0 Å². The summed E-state index contributed by atoms with van der Waals surface area (Å²) in [5, 5.41) is 9.05. The van der Waals surface area contributed by atoms with Crippen molar-refractivity contribution in [2.24, 2.45) is 11.8 Å². The van der Waals surface area contributed by atoms with Gasteiger partial charge in [-0.2, -0.15) is 0 Å². The van der Waals surface area contributed by atoms with Gasteiger partial charge in [-0.3, -0.25) is 4.79 Å². The maximum Gasteiger partial charge on any atom is 0.226 e. The Labute approximate surface area is 170 Å². The number of thiazole rings is 1. The Morgan fingerprint density at radius 2 is 2.22 bits per heavy atom. The lowest BCUT2D eigenvalue weighted by atomic mass is 9.84. The predicted molar refractivity (Wildman–Crippen MR) is 112 cm³/mol. The van der Waals surface area contributed by atoms with Crippen molar-refractivity contribution < 1.29 is 9.53 Å². The fourth-order valence-electron chi connectivity index (χ4n) is 3.85. The molecule has 1 atom stereocenters. The standard InChI is InChI=1S/C20H25N3O2S.ClH/c1-13(14-4-7-21-8-5-14)10-19(24)23-20-22-17(12-26-20)15-2-3-18-16(11-15)6-9-25-18;/h2-3,11-14,21H,4-10H2,1H3,(H,22,23,24);1H. The van der Waals surface area contributed by atoms with Crippen LogP contribution in [0.4, 0.5) is 5.13 Å². The molecule has 27 heavy (non-hydrogen) atoms. The molecule has 0 bridgehead atoms. The number of benzene rings is 1. The minimum atomic E-state index is 0. The first-order valence-corrected chi connectivity index (χ1v) is 10.3. The SMILES string of the molecule is CC(CC(=O)Nc1nc(-c2ccc3c(c2)CCO3)cs1)C1CCNCC1.Cl. The number of amides is 1. The Morgan fingerprint density at radius 1 is 1.41 bits per heavy atom. The largest absolute Gasteiger partial charge is 0.493 e. The minimum absolute atomic E-state index is 0. The number of hydrogen-bond acceptors (Lipinski definition) is 5. The van der Waals surface area contributed by atoms with E-state index in [-0.39, 0.29) is 18.3 Å². The van der Waals surface area contributed by atoms with Gasteiger partial charge in [0.1, 0.15) is 5.75 Å². The third kappa shape index (κ3) is 4.81. The molecule has 1 amide bonds. The van der Waals surface area contributed by atoms with Gasteiger partial charge < -0.3 is 15.4 Å². The van der Waals surface area contributed by atoms with Crippen molar-refractivity contribution >= 4 is 34.8 Å². The van der Waals surface area contributed by atoms with Crippen LogP contribution in [-0.2, 0) is 11.2 Å². The topological polar surface area (TPSA) is 63.2 Å². The summed E-state index contributed by atoms with van der Waals surface area (Å²) in [6, 6.07) is 6.18. The van der Waals surface area contributed by atoms with Gasteiger partial charge in [-0.1, -0.05) is 6.92 Å². The number of nitrogens with zero attached hydrogens (tertiary/aromatic N) is 1. The van der Waals surface area contributed by atoms with Crippen molar-refractivity contribution in [3.8, 4) is 17.0 Å². The van der Waals surface area contributed by atoms with Gasteiger partial charge in [0.15, 0.2) is 5.13 Å². The highest BCUT2D eigenvalue weighted by molar-refractivity contribution is 7.14. The van der Waals surface area contributed by atoms with Gasteiger partial charge in [0.2, 0.25) is 5.91 Å². The quantitative estimate of drug-likeness (QED) is 0.782. The molecule has 1 saturated heterocycles. The van der Waals surface area contributed by atoms with Gasteiger partial charge in [-0.05, 0) is 61.5 Å². The zero-order valence-electron chi connectivity index (χ0n) is 15.5. The molecule has 0 spiro atoms. The second-order valence-electron chi connectivity index (χ2n) is 7.28. The van der Waals surface area contributed by atoms with E-state index in [9.17, 15) is 4.79 Å². The Balaban J connectivity index is 0.00000210. The Bertz CT molecular complexity index is 789. The number of ether oxygens (including phenoxy) is 1. The molecule has 3 heterocycles. The van der Waals surface area contributed by atoms with Crippen molar-refractivity contribution in [2.45, 2.75) is 32.6 Å². The summed E-state index contributed by atoms with van der Waals surface area (Å²) in [6.07, 6.45) is 3.84. The maximum absolute atomic E-state index is 12.4. The molecular formula is C20H26ClN3O2S. The monoisotopic (exact) mass is 407 g/mol. The molecule has 0 radical (unpaired) electrons. The molecule has 1 unspecified atom stereocenters. The first-order chi connectivity index (χ1) is 12.7. The molecule has 4 rings (SSSR count). The molecule has 2 aromatic rings. The highest BCUT2D eigenvalue weighted by atomic mass is 35.5. The predicted octanol–water partition coefficient (Wildman–Crippen LogP) is 4.13. The summed E-state index contributed by atoms with van der Waals surface area (Å²) < 4.78 is 5.56. The first-order valence-electron chi connectivity index (χ1n) is 9.41. The summed E-state index contributed by atoms with van der Waals surface area (Å²) >= 11 is 1.48. The first kappa shape index (κ1) is 20.1. The van der Waals surface area contributed by atoms with E-state index in [4.69, 9.17) is 4.74 Å². The second kappa shape index (κ2) is 9.04. The van der Waals surface area contributed by atoms with Gasteiger partial charge in [0.25, 0.3) is 0 Å². The van der Waals surface area contributed by atoms with E-state index in [1.165, 1.54) is 16.9 Å². The number of aromatic nitrogens is 1. The number of hydrogen-bond donors (Lipinski definition) is 2. The van der Waals surface area contributed by atoms with Gasteiger partial charge in [-0.25, -0.2) is 4.98 Å². The van der Waals surface area contributed by atoms with E-state index in [0.29, 0.717) is 23.4 Å². The van der Waals surface area contributed by atoms with E-state index in [1.807, 2.05) is 17.5 Å². The van der Waals surface area contributed by atoms with Crippen molar-refractivity contribution in [1.82, 2.24) is 10.3 Å². The van der Waals surface area contributed by atoms with Crippen molar-refractivity contribution in [1.29, 1.82) is 0 Å². The van der Waals surface area contributed by atoms with Crippen LogP contribution in [0, 0.1) is 11.8 Å². The number of halogens is 1. The van der Waals surface area contributed by atoms with Crippen LogP contribution in [0.5, 0.6) is 5.75 Å². The third-order valence-electron chi connectivity index (χ3n) is 5.43. The van der Waals surface area contributed by atoms with Crippen LogP contribution in [0.3, 0.4) is 0 Å². The minimum Gasteiger partial charge on any atom is -0.493 e. The Morgan fingerprint density at radius 3 is 3.04 bits per heavy atom. The fourth-order valence-corrected chi connectivity index (χ4v) is 4.59. The molecule has 1 aromatic carbocycles. The summed E-state index contributed by atoms with van der Waals surface area (Å²) in [5.74, 6) is 2.10. The van der Waals surface area contributed by atoms with Crippen LogP contribution in [-0.4, -0.2) is 30.6 Å². The fraction of sp³-hybridized carbons (Fsp3) is 0.500. The Hall–Kier alpha value is -1.63. The van der Waals surface area contributed by atoms with Crippen molar-refractivity contribution in [3.05, 3.63) is 29.1 Å². The van der Waals surface area contributed by atoms with E-state index in [2.05, 4.69) is 28.6 Å². The summed E-state index contributed by atoms with van der Waals surface area (Å²) in [7, 11) is 0. The summed E-state index contributed by atoms with van der Waals surface area (Å²) in [5.41, 5.74) is 3.22. The Kier molecular flexibility index (Phi) is 6.73. The lowest BCUT2D eigenvalue weighted by Crippen LogP contribution is -2.32. The zero-order valence-corrected chi connectivity index (χ0v) is 17.1. The summed E-state index contributed by atoms with van der Waals surface area (Å²) in [6.45, 7) is 5.08. The van der Waals surface area contributed by atoms with Crippen molar-refractivity contribution in [2.75, 3.05) is 25.0 Å². The normalized spacial score (nSPS) is 17.5. The number of carbonyl (C=O) groups excluding carboxylic acids is 1. The molecule has 146 valence electrons. The number of anilines is 1. The number of carbonyl (C=O) groups is 1. The lowest BCUT2D eigenvalue weighted by molar-refractivity contribution is -0.117. The van der Waals surface area contributed by atoms with Crippen molar-refractivity contribution in [3.63, 3.8) is 0 Å². The van der Waals surface area contributed by atoms with Gasteiger partial charge in [-0.15, -0.1) is 23.7 Å². The van der Waals surface area contributed by atoms with Gasteiger partial charge in [0, 0.05) is 23.8 Å². The number of nitrogens with one attached hydrogen (secondary N) is 2. The highest BCUT2D eigenvalue weighted by Gasteiger charge is 2.22. The number of fused-ring (bicyclic) bond motifs is 1. The molecule has 2 aliphatic heterocycles. The molecule has 0 saturated carbocycles. The smallest absolute Gasteiger partial charge is 0.226 e. The molecule has 2 N–H and O–H groups in total. The number of piperidine rings is 1. The lowest BCUT2D eigenvalue weighted by Gasteiger charge is -2.27. The van der Waals surface area contributed by atoms with Gasteiger partial charge in [0.05, 0.1) is 12.3 Å². The molecular weight excluding hydrogens is 382 g/mol. The molecule has 7 heteroatoms. The van der Waals surface area contributed by atoms with E-state index in [1.54, 1.807) is 0 Å². The van der Waals surface area contributed by atoms with Crippen LogP contribution in [0.2, 0.25) is 0 Å². The van der Waals surface area contributed by atoms with Crippen LogP contribution < -0.4 is 15.4 Å². The number of rotatable bonds is 5. The average Bonchev–Trinajstić information content (AvgIpc) is 3.30. The van der Waals surface area contributed by atoms with E-state index < -0.39 is 0 Å². The summed E-state index contributed by atoms with van der Waals surface area (Å²) in [4.78, 5) is 17.0. The third-order valence-corrected chi connectivity index (χ3v) is 6.19. The van der Waals surface area contributed by atoms with Crippen LogP contribution >= 0.6 is 23.7 Å². The molecule has 1 aromatic heterocycles. The second-order valence-corrected chi connectivity index (χ2v) is 8.13. The average molecular weight is 408 g/mol. The maximum atomic E-state index is 12.4. The molecule has 2 aliphatic rings. The molecule has 5 nitrogen and oxygen atoms in total. The van der Waals surface area contributed by atoms with E-state index in [0.717, 1.165) is 56.0 Å². The van der Waals surface area contributed by atoms with Crippen LogP contribution in [0.15, 0.2) is 23.6 Å². The molecule has 1 fully saturated rings. The highest BCUT2D eigenvalue weighted by Crippen LogP contribution is 2.32. The van der Waals surface area contributed by atoms with Crippen LogP contribution in [0.25, 0.3) is 11.3 Å². The van der Waals surface area contributed by atoms with Crippen LogP contribution in [0.1, 0.15) is 31.7 Å². The van der Waals surface area contributed by atoms with Gasteiger partial charge >= 0.3 is 0 Å².